The summed E-state index contributed by atoms with van der Waals surface area (Å²) in [6.45, 7) is 7.14. The summed E-state index contributed by atoms with van der Waals surface area (Å²) in [4.78, 5) is 166. The number of rotatable bonds is 31. The number of aliphatic hydroxyl groups is 3. The van der Waals surface area contributed by atoms with Gasteiger partial charge in [-0.2, -0.15) is 0 Å². The van der Waals surface area contributed by atoms with E-state index in [1.165, 1.54) is 56.5 Å². The van der Waals surface area contributed by atoms with Gasteiger partial charge in [0.1, 0.15) is 77.6 Å². The number of hydrogen-bond donors (Lipinski definition) is 14. The molecule has 31 heteroatoms. The third kappa shape index (κ3) is 18.8. The average Bonchev–Trinajstić information content (AvgIpc) is 0.785. The number of carbonyl (C=O) groups excluding carboxylic acids is 11. The lowest BCUT2D eigenvalue weighted by Gasteiger charge is -2.43. The number of hydrogen-bond acceptors (Lipinski definition) is 22. The van der Waals surface area contributed by atoms with Crippen molar-refractivity contribution in [2.75, 3.05) is 33.4 Å². The number of carbonyl (C=O) groups is 12. The van der Waals surface area contributed by atoms with Crippen LogP contribution in [0, 0.1) is 11.8 Å². The number of ether oxygens (including phenoxy) is 4. The molecule has 2 aliphatic carbocycles. The van der Waals surface area contributed by atoms with E-state index in [1.54, 1.807) is 58.0 Å². The number of ketones is 3. The summed E-state index contributed by atoms with van der Waals surface area (Å²) in [5.74, 6) is -13.4. The topological polar surface area (TPSA) is 471 Å². The van der Waals surface area contributed by atoms with Crippen LogP contribution in [0.15, 0.2) is 72.8 Å². The molecule has 8 amide bonds. The molecular formula is C71H88N8O23. The van der Waals surface area contributed by atoms with Crippen molar-refractivity contribution in [2.24, 2.45) is 11.8 Å². The van der Waals surface area contributed by atoms with Crippen LogP contribution in [0.2, 0.25) is 0 Å². The van der Waals surface area contributed by atoms with Crippen molar-refractivity contribution in [3.8, 4) is 23.0 Å². The van der Waals surface area contributed by atoms with E-state index >= 15 is 0 Å². The quantitative estimate of drug-likeness (QED) is 0.0268. The van der Waals surface area contributed by atoms with E-state index in [0.717, 1.165) is 11.8 Å². The van der Waals surface area contributed by atoms with Gasteiger partial charge in [0.05, 0.1) is 68.2 Å². The number of methoxy groups -OCH3 is 1. The van der Waals surface area contributed by atoms with E-state index < -0.39 is 211 Å². The van der Waals surface area contributed by atoms with Crippen molar-refractivity contribution in [1.29, 1.82) is 0 Å². The van der Waals surface area contributed by atoms with E-state index in [9.17, 15) is 93.3 Å². The highest BCUT2D eigenvalue weighted by molar-refractivity contribution is 6.31. The molecule has 102 heavy (non-hydrogen) atoms. The predicted molar refractivity (Wildman–Crippen MR) is 358 cm³/mol. The molecule has 2 aliphatic heterocycles. The van der Waals surface area contributed by atoms with Crippen molar-refractivity contribution in [3.05, 3.63) is 117 Å². The highest BCUT2D eigenvalue weighted by atomic mass is 16.7. The maximum Gasteiger partial charge on any atom is 0.305 e. The SMILES string of the molecule is COc1cccc2c1C(=O)c1c(O)c3c(c(O)c1C2=O)C[C@@](O)(C(=O)CO)C[C@@H]3O[C@H]1C[C@H](NC(=O)[C@H](CC(C)C)NC(=O)[C@H](Cc2ccc(O)cc2)NC(=O)[C@H](COCc2ccccc2)NC(=O)CNC(=O)[C@H](CC(C)C)NC(=O)[C@@H]2CCCN2C(=O)[C@H](CC(=O)O)NC(C)=O)[C@H](O)[C@H](C)O1. The predicted octanol–water partition coefficient (Wildman–Crippen LogP) is 0.442. The molecule has 0 spiro atoms. The van der Waals surface area contributed by atoms with Crippen molar-refractivity contribution in [1.82, 2.24) is 42.1 Å². The Morgan fingerprint density at radius 2 is 1.37 bits per heavy atom. The molecule has 4 aliphatic rings. The molecule has 8 rings (SSSR count). The second-order valence-corrected chi connectivity index (χ2v) is 26.8. The van der Waals surface area contributed by atoms with Crippen molar-refractivity contribution in [2.45, 2.75) is 178 Å². The molecule has 0 aromatic heterocycles. The second kappa shape index (κ2) is 34.2. The number of benzene rings is 4. The van der Waals surface area contributed by atoms with E-state index in [2.05, 4.69) is 37.2 Å². The first-order valence-corrected chi connectivity index (χ1v) is 33.5. The Hall–Kier alpha value is -9.92. The minimum atomic E-state index is -2.50. The normalized spacial score (nSPS) is 21.4. The first-order chi connectivity index (χ1) is 48.3. The monoisotopic (exact) mass is 1420 g/mol. The summed E-state index contributed by atoms with van der Waals surface area (Å²) < 4.78 is 23.8. The number of aliphatic hydroxyl groups excluding tert-OH is 2. The molecule has 0 saturated carbocycles. The molecule has 12 atom stereocenters. The van der Waals surface area contributed by atoms with Gasteiger partial charge in [0, 0.05) is 55.8 Å². The standard InChI is InChI=1S/C71H88N8O23/c1-34(2)23-44(78-69(96)49-16-12-22-79(49)70(97)47(26-54(85)86)73-37(6)81)65(92)72-30-53(84)74-48(33-100-32-39-13-9-8-10-14-39)68(95)77-46(25-38-18-20-40(82)21-19-38)67(94)76-45(24-35(3)4)66(93)75-43-27-55(101-36(5)60(43)87)102-51-29-71(98,52(83)31-80)28-42-57(51)64(91)59-58(62(42)89)61(88)41-15-11-17-50(99-7)56(41)63(59)90/h8-11,13-15,17-21,34-36,43-49,51,55,60,80,82,87,89,91,98H,12,16,22-33H2,1-7H3,(H,72,92)(H,73,81)(H,74,84)(H,75,93)(H,76,94)(H,77,95)(H,78,96)(H,85,86)/t36-,43-,44-,45-,46-,47-,48-,49-,51-,55-,60+,71-/m0/s1. The van der Waals surface area contributed by atoms with Crippen LogP contribution in [0.3, 0.4) is 0 Å². The smallest absolute Gasteiger partial charge is 0.305 e. The Labute approximate surface area is 586 Å². The van der Waals surface area contributed by atoms with Gasteiger partial charge in [-0.15, -0.1) is 0 Å². The first-order valence-electron chi connectivity index (χ1n) is 33.5. The van der Waals surface area contributed by atoms with Crippen molar-refractivity contribution >= 4 is 70.6 Å². The number of fused-ring (bicyclic) bond motifs is 3. The van der Waals surface area contributed by atoms with E-state index in [-0.39, 0.29) is 84.4 Å². The fourth-order valence-electron chi connectivity index (χ4n) is 13.1. The van der Waals surface area contributed by atoms with Crippen LogP contribution in [0.1, 0.15) is 147 Å². The lowest BCUT2D eigenvalue weighted by Crippen LogP contribution is -2.61. The molecule has 4 aromatic carbocycles. The fraction of sp³-hybridized carbons (Fsp3) is 0.493. The molecule has 14 N–H and O–H groups in total. The van der Waals surface area contributed by atoms with Crippen LogP contribution in [0.25, 0.3) is 0 Å². The number of aliphatic carboxylic acids is 1. The molecule has 550 valence electrons. The molecule has 0 unspecified atom stereocenters. The van der Waals surface area contributed by atoms with Gasteiger partial charge in [-0.05, 0) is 73.8 Å². The zero-order valence-electron chi connectivity index (χ0n) is 57.4. The molecule has 0 bridgehead atoms. The third-order valence-corrected chi connectivity index (χ3v) is 18.1. The van der Waals surface area contributed by atoms with Gasteiger partial charge >= 0.3 is 5.97 Å². The van der Waals surface area contributed by atoms with Gasteiger partial charge < -0.3 is 96.8 Å². The minimum absolute atomic E-state index is 0.0154. The minimum Gasteiger partial charge on any atom is -0.508 e. The summed E-state index contributed by atoms with van der Waals surface area (Å²) in [6, 6.07) is 8.89. The highest BCUT2D eigenvalue weighted by Crippen LogP contribution is 2.53. The lowest BCUT2D eigenvalue weighted by atomic mass is 9.72. The number of carboxylic acids is 1. The Morgan fingerprint density at radius 3 is 2.01 bits per heavy atom. The van der Waals surface area contributed by atoms with Crippen LogP contribution in [0.5, 0.6) is 23.0 Å². The number of nitrogens with one attached hydrogen (secondary N) is 7. The largest absolute Gasteiger partial charge is 0.508 e. The lowest BCUT2D eigenvalue weighted by molar-refractivity contribution is -0.249. The van der Waals surface area contributed by atoms with Gasteiger partial charge in [0.15, 0.2) is 17.9 Å². The molecule has 2 fully saturated rings. The third-order valence-electron chi connectivity index (χ3n) is 18.1. The zero-order valence-corrected chi connectivity index (χ0v) is 57.4. The Bertz CT molecular complexity index is 3820. The van der Waals surface area contributed by atoms with Crippen molar-refractivity contribution < 1.29 is 112 Å². The Balaban J connectivity index is 0.994. The summed E-state index contributed by atoms with van der Waals surface area (Å²) in [6.07, 6.45) is -8.17. The molecule has 31 nitrogen and oxygen atoms in total. The highest BCUT2D eigenvalue weighted by Gasteiger charge is 2.51. The number of phenols is 3. The number of aromatic hydroxyl groups is 3. The number of phenolic OH excluding ortho intramolecular Hbond substituents is 3. The number of amides is 8. The fourth-order valence-corrected chi connectivity index (χ4v) is 13.1. The van der Waals surface area contributed by atoms with E-state index in [1.807, 2.05) is 0 Å². The van der Waals surface area contributed by atoms with E-state index in [4.69, 9.17) is 18.9 Å². The molecular weight excluding hydrogens is 1330 g/mol. The maximum absolute atomic E-state index is 14.9. The van der Waals surface area contributed by atoms with Gasteiger partial charge in [0.25, 0.3) is 0 Å². The summed E-state index contributed by atoms with van der Waals surface area (Å²) in [5.41, 5.74) is -3.70. The second-order valence-electron chi connectivity index (χ2n) is 26.8. The molecule has 2 heterocycles. The van der Waals surface area contributed by atoms with Gasteiger partial charge in [-0.25, -0.2) is 0 Å². The number of likely N-dealkylation sites (tertiary alicyclic amines) is 1. The number of nitrogens with zero attached hydrogens (tertiary/aromatic N) is 1. The van der Waals surface area contributed by atoms with Gasteiger partial charge in [0.2, 0.25) is 53.0 Å². The molecule has 4 aromatic rings. The first kappa shape index (κ1) is 77.8. The van der Waals surface area contributed by atoms with Crippen LogP contribution in [0.4, 0.5) is 0 Å². The van der Waals surface area contributed by atoms with Crippen LogP contribution in [-0.2, 0) is 81.6 Å². The van der Waals surface area contributed by atoms with Gasteiger partial charge in [-0.3, -0.25) is 57.5 Å². The average molecular weight is 1420 g/mol. The van der Waals surface area contributed by atoms with Crippen LogP contribution >= 0.6 is 0 Å². The Morgan fingerprint density at radius 1 is 0.725 bits per heavy atom. The number of Topliss-reactive ketones (excluding diaryl/α,β-unsaturated/α-hetero) is 1. The molecule has 2 saturated heterocycles. The van der Waals surface area contributed by atoms with Crippen molar-refractivity contribution in [3.63, 3.8) is 0 Å². The van der Waals surface area contributed by atoms with Gasteiger partial charge in [-0.1, -0.05) is 82.3 Å². The maximum atomic E-state index is 14.9. The zero-order chi connectivity index (χ0) is 74.6. The summed E-state index contributed by atoms with van der Waals surface area (Å²) in [7, 11) is 1.26. The van der Waals surface area contributed by atoms with Crippen LogP contribution in [-0.4, -0.2) is 211 Å². The Kier molecular flexibility index (Phi) is 26.1. The number of carboxylic acid groups (broad SMARTS) is 1. The van der Waals surface area contributed by atoms with Crippen LogP contribution < -0.4 is 42.0 Å². The summed E-state index contributed by atoms with van der Waals surface area (Å²) in [5, 5.41) is 95.4. The van der Waals surface area contributed by atoms with E-state index in [0.29, 0.717) is 17.5 Å². The molecule has 0 radical (unpaired) electrons. The summed E-state index contributed by atoms with van der Waals surface area (Å²) >= 11 is 0.